The van der Waals surface area contributed by atoms with Crippen LogP contribution < -0.4 is 4.74 Å². The van der Waals surface area contributed by atoms with E-state index >= 15 is 0 Å². The molecule has 6 heteroatoms. The Morgan fingerprint density at radius 3 is 2.41 bits per heavy atom. The Balaban J connectivity index is 0.00000158. The molecule has 2 aliphatic rings. The Morgan fingerprint density at radius 1 is 1.09 bits per heavy atom. The lowest BCUT2D eigenvalue weighted by atomic mass is 10.00. The van der Waals surface area contributed by atoms with Gasteiger partial charge in [-0.2, -0.15) is 5.26 Å². The number of carbonyl (C=O) groups excluding carboxylic acids is 1. The molecule has 0 radical (unpaired) electrons. The molecule has 4 rings (SSSR count). The van der Waals surface area contributed by atoms with Crippen molar-refractivity contribution in [1.29, 1.82) is 5.26 Å². The van der Waals surface area contributed by atoms with Gasteiger partial charge in [0, 0.05) is 43.0 Å². The number of methoxy groups -OCH3 is 1. The molecule has 0 atom stereocenters. The third-order valence-electron chi connectivity index (χ3n) is 5.97. The zero-order chi connectivity index (χ0) is 24.5. The quantitative estimate of drug-likeness (QED) is 0.588. The molecule has 0 saturated carbocycles. The fourth-order valence-corrected chi connectivity index (χ4v) is 4.17. The van der Waals surface area contributed by atoms with Crippen molar-refractivity contribution in [3.63, 3.8) is 0 Å². The highest BCUT2D eigenvalue weighted by Gasteiger charge is 2.24. The summed E-state index contributed by atoms with van der Waals surface area (Å²) < 4.78 is 19.7. The summed E-state index contributed by atoms with van der Waals surface area (Å²) in [6.07, 6.45) is 7.01. The molecule has 1 amide bonds. The van der Waals surface area contributed by atoms with Gasteiger partial charge in [0.05, 0.1) is 12.7 Å². The van der Waals surface area contributed by atoms with Crippen LogP contribution in [0.25, 0.3) is 5.70 Å². The molecule has 2 aliphatic heterocycles. The van der Waals surface area contributed by atoms with E-state index in [9.17, 15) is 9.18 Å². The average molecular weight is 462 g/mol. The highest BCUT2D eigenvalue weighted by Crippen LogP contribution is 2.29. The maximum atomic E-state index is 14.4. The van der Waals surface area contributed by atoms with E-state index in [1.807, 2.05) is 61.2 Å². The van der Waals surface area contributed by atoms with Crippen molar-refractivity contribution in [2.45, 2.75) is 39.7 Å². The SMILES string of the molecule is CC.COc1ccc(CN2CC=C(C(=O)N3CCCCC3)C=C2c2ccc(C#N)c(F)c2)cc1. The van der Waals surface area contributed by atoms with Gasteiger partial charge >= 0.3 is 0 Å². The first kappa shape index (κ1) is 25.0. The van der Waals surface area contributed by atoms with Crippen molar-refractivity contribution >= 4 is 11.6 Å². The highest BCUT2D eigenvalue weighted by molar-refractivity contribution is 5.98. The van der Waals surface area contributed by atoms with Crippen LogP contribution >= 0.6 is 0 Å². The minimum Gasteiger partial charge on any atom is -0.497 e. The standard InChI is InChI=1S/C26H26FN3O2.C2H6/c1-32-23-9-5-19(6-10-23)18-30-14-11-21(26(31)29-12-3-2-4-13-29)16-25(30)20-7-8-22(17-28)24(27)15-20;1-2/h5-11,15-16H,2-4,12-14,18H2,1H3;1-2H3. The minimum atomic E-state index is -0.561. The van der Waals surface area contributed by atoms with Crippen molar-refractivity contribution in [2.24, 2.45) is 0 Å². The number of carbonyl (C=O) groups is 1. The van der Waals surface area contributed by atoms with Crippen LogP contribution in [0.5, 0.6) is 5.75 Å². The number of hydrogen-bond acceptors (Lipinski definition) is 4. The molecule has 178 valence electrons. The van der Waals surface area contributed by atoms with Gasteiger partial charge in [-0.25, -0.2) is 4.39 Å². The zero-order valence-electron chi connectivity index (χ0n) is 20.2. The van der Waals surface area contributed by atoms with E-state index in [2.05, 4.69) is 4.90 Å². The molecular formula is C28H32FN3O2. The van der Waals surface area contributed by atoms with Crippen LogP contribution in [-0.2, 0) is 11.3 Å². The van der Waals surface area contributed by atoms with Crippen molar-refractivity contribution in [3.05, 3.63) is 82.7 Å². The number of amides is 1. The van der Waals surface area contributed by atoms with Gasteiger partial charge in [-0.3, -0.25) is 4.79 Å². The Bertz CT molecular complexity index is 1090. The predicted octanol–water partition coefficient (Wildman–Crippen LogP) is 5.53. The van der Waals surface area contributed by atoms with Gasteiger partial charge in [-0.1, -0.05) is 38.1 Å². The molecule has 2 aromatic carbocycles. The third kappa shape index (κ3) is 5.85. The Hall–Kier alpha value is -3.59. The molecule has 5 nitrogen and oxygen atoms in total. The Labute approximate surface area is 201 Å². The lowest BCUT2D eigenvalue weighted by Crippen LogP contribution is -2.37. The summed E-state index contributed by atoms with van der Waals surface area (Å²) >= 11 is 0. The molecule has 1 saturated heterocycles. The van der Waals surface area contributed by atoms with E-state index in [1.165, 1.54) is 12.1 Å². The molecule has 0 N–H and O–H groups in total. The number of nitrogens with zero attached hydrogens (tertiary/aromatic N) is 3. The summed E-state index contributed by atoms with van der Waals surface area (Å²) in [5.74, 6) is 0.251. The molecule has 0 bridgehead atoms. The largest absolute Gasteiger partial charge is 0.497 e. The Morgan fingerprint density at radius 2 is 1.79 bits per heavy atom. The van der Waals surface area contributed by atoms with Gasteiger partial charge in [0.15, 0.2) is 0 Å². The number of hydrogen-bond donors (Lipinski definition) is 0. The average Bonchev–Trinajstić information content (AvgIpc) is 2.90. The van der Waals surface area contributed by atoms with E-state index in [0.717, 1.165) is 49.4 Å². The normalized spacial score (nSPS) is 15.4. The van der Waals surface area contributed by atoms with E-state index in [-0.39, 0.29) is 11.5 Å². The van der Waals surface area contributed by atoms with E-state index in [1.54, 1.807) is 13.2 Å². The lowest BCUT2D eigenvalue weighted by molar-refractivity contribution is -0.127. The molecule has 1 fully saturated rings. The maximum Gasteiger partial charge on any atom is 0.253 e. The number of piperidine rings is 1. The van der Waals surface area contributed by atoms with Gasteiger partial charge in [0.2, 0.25) is 0 Å². The van der Waals surface area contributed by atoms with E-state index in [0.29, 0.717) is 24.2 Å². The summed E-state index contributed by atoms with van der Waals surface area (Å²) in [7, 11) is 1.63. The second kappa shape index (κ2) is 12.0. The second-order valence-electron chi connectivity index (χ2n) is 8.08. The molecule has 0 aliphatic carbocycles. The molecule has 2 heterocycles. The van der Waals surface area contributed by atoms with Crippen LogP contribution in [-0.4, -0.2) is 42.5 Å². The number of benzene rings is 2. The number of ether oxygens (including phenoxy) is 1. The van der Waals surface area contributed by atoms with E-state index in [4.69, 9.17) is 10.00 Å². The third-order valence-corrected chi connectivity index (χ3v) is 5.97. The van der Waals surface area contributed by atoms with Crippen molar-refractivity contribution in [2.75, 3.05) is 26.7 Å². The predicted molar refractivity (Wildman–Crippen MR) is 132 cm³/mol. The van der Waals surface area contributed by atoms with Gasteiger partial charge in [-0.05, 0) is 55.2 Å². The molecular weight excluding hydrogens is 429 g/mol. The van der Waals surface area contributed by atoms with Crippen LogP contribution in [0, 0.1) is 17.1 Å². The van der Waals surface area contributed by atoms with E-state index < -0.39 is 5.82 Å². The summed E-state index contributed by atoms with van der Waals surface area (Å²) in [6.45, 7) is 6.69. The smallest absolute Gasteiger partial charge is 0.253 e. The fraction of sp³-hybridized carbons (Fsp3) is 0.357. The monoisotopic (exact) mass is 461 g/mol. The first-order valence-electron chi connectivity index (χ1n) is 11.9. The van der Waals surface area contributed by atoms with Crippen molar-refractivity contribution in [1.82, 2.24) is 9.80 Å². The van der Waals surface area contributed by atoms with Crippen LogP contribution in [0.1, 0.15) is 49.8 Å². The lowest BCUT2D eigenvalue weighted by Gasteiger charge is -2.32. The summed E-state index contributed by atoms with van der Waals surface area (Å²) in [5, 5.41) is 9.08. The maximum absolute atomic E-state index is 14.4. The molecule has 0 unspecified atom stereocenters. The summed E-state index contributed by atoms with van der Waals surface area (Å²) in [4.78, 5) is 17.1. The van der Waals surface area contributed by atoms with Gasteiger partial charge in [0.25, 0.3) is 5.91 Å². The van der Waals surface area contributed by atoms with Crippen molar-refractivity contribution in [3.8, 4) is 11.8 Å². The zero-order valence-corrected chi connectivity index (χ0v) is 20.2. The van der Waals surface area contributed by atoms with Gasteiger partial charge < -0.3 is 14.5 Å². The number of rotatable bonds is 5. The van der Waals surface area contributed by atoms with Crippen LogP contribution in [0.15, 0.2) is 60.2 Å². The van der Waals surface area contributed by atoms with Gasteiger partial charge in [-0.15, -0.1) is 0 Å². The van der Waals surface area contributed by atoms with Crippen LogP contribution in [0.2, 0.25) is 0 Å². The molecule has 0 aromatic heterocycles. The highest BCUT2D eigenvalue weighted by atomic mass is 19.1. The first-order chi connectivity index (χ1) is 16.6. The molecule has 34 heavy (non-hydrogen) atoms. The van der Waals surface area contributed by atoms with Crippen molar-refractivity contribution < 1.29 is 13.9 Å². The number of likely N-dealkylation sites (tertiary alicyclic amines) is 1. The molecule has 0 spiro atoms. The van der Waals surface area contributed by atoms with Crippen LogP contribution in [0.4, 0.5) is 4.39 Å². The molecule has 2 aromatic rings. The van der Waals surface area contributed by atoms with Gasteiger partial charge in [0.1, 0.15) is 17.6 Å². The fourth-order valence-electron chi connectivity index (χ4n) is 4.17. The minimum absolute atomic E-state index is 0.00650. The summed E-state index contributed by atoms with van der Waals surface area (Å²) in [6, 6.07) is 14.3. The number of nitriles is 1. The second-order valence-corrected chi connectivity index (χ2v) is 8.08. The van der Waals surface area contributed by atoms with Crippen LogP contribution in [0.3, 0.4) is 0 Å². The Kier molecular flexibility index (Phi) is 8.86. The number of halogens is 1. The topological polar surface area (TPSA) is 56.6 Å². The summed E-state index contributed by atoms with van der Waals surface area (Å²) in [5.41, 5.74) is 3.13. The first-order valence-corrected chi connectivity index (χ1v) is 11.9.